The summed E-state index contributed by atoms with van der Waals surface area (Å²) >= 11 is 0. The van der Waals surface area contributed by atoms with Crippen molar-refractivity contribution in [1.29, 1.82) is 0 Å². The first-order valence-corrected chi connectivity index (χ1v) is 7.93. The molecule has 2 unspecified atom stereocenters. The average Bonchev–Trinajstić information content (AvgIpc) is 2.54. The molecule has 0 aliphatic carbocycles. The maximum absolute atomic E-state index is 10.5. The van der Waals surface area contributed by atoms with Gasteiger partial charge in [0, 0.05) is 44.3 Å². The summed E-state index contributed by atoms with van der Waals surface area (Å²) in [4.78, 5) is 4.88. The third-order valence-electron chi connectivity index (χ3n) is 4.55. The van der Waals surface area contributed by atoms with E-state index in [9.17, 15) is 5.11 Å². The Labute approximate surface area is 128 Å². The van der Waals surface area contributed by atoms with Crippen molar-refractivity contribution in [3.8, 4) is 5.75 Å². The number of hydrogen-bond donors (Lipinski definition) is 1. The molecule has 1 aromatic carbocycles. The minimum absolute atomic E-state index is 0.490. The van der Waals surface area contributed by atoms with Crippen LogP contribution in [-0.4, -0.2) is 60.8 Å². The Morgan fingerprint density at radius 2 is 1.86 bits per heavy atom. The quantitative estimate of drug-likeness (QED) is 0.871. The fraction of sp³-hybridized carbons (Fsp3) is 0.647. The van der Waals surface area contributed by atoms with Gasteiger partial charge in [0.2, 0.25) is 0 Å². The summed E-state index contributed by atoms with van der Waals surface area (Å²) in [6.07, 6.45) is 0.709. The van der Waals surface area contributed by atoms with Crippen LogP contribution in [0.3, 0.4) is 0 Å². The summed E-state index contributed by atoms with van der Waals surface area (Å²) in [5.41, 5.74) is 0.879. The number of piperazine rings is 1. The fourth-order valence-electron chi connectivity index (χ4n) is 2.93. The van der Waals surface area contributed by atoms with Gasteiger partial charge < -0.3 is 9.84 Å². The predicted molar refractivity (Wildman–Crippen MR) is 85.7 cm³/mol. The summed E-state index contributed by atoms with van der Waals surface area (Å²) in [6, 6.07) is 8.38. The SMILES string of the molecule is CCC(C)N1CCN(CC(O)c2ccccc2OC)CC1. The highest BCUT2D eigenvalue weighted by molar-refractivity contribution is 5.35. The summed E-state index contributed by atoms with van der Waals surface area (Å²) in [6.45, 7) is 9.44. The van der Waals surface area contributed by atoms with E-state index in [2.05, 4.69) is 23.6 Å². The van der Waals surface area contributed by atoms with Gasteiger partial charge in [-0.05, 0) is 19.4 Å². The van der Waals surface area contributed by atoms with Crippen LogP contribution >= 0.6 is 0 Å². The molecule has 0 spiro atoms. The number of methoxy groups -OCH3 is 1. The van der Waals surface area contributed by atoms with E-state index in [1.165, 1.54) is 6.42 Å². The van der Waals surface area contributed by atoms with Crippen LogP contribution in [0, 0.1) is 0 Å². The van der Waals surface area contributed by atoms with Crippen LogP contribution in [0.1, 0.15) is 31.9 Å². The van der Waals surface area contributed by atoms with Crippen LogP contribution in [0.5, 0.6) is 5.75 Å². The molecule has 1 aliphatic rings. The normalized spacial score (nSPS) is 20.2. The first-order chi connectivity index (χ1) is 10.2. The van der Waals surface area contributed by atoms with Crippen molar-refractivity contribution in [3.05, 3.63) is 29.8 Å². The zero-order chi connectivity index (χ0) is 15.2. The number of hydrogen-bond acceptors (Lipinski definition) is 4. The number of aliphatic hydroxyl groups excluding tert-OH is 1. The maximum Gasteiger partial charge on any atom is 0.124 e. The molecule has 0 saturated carbocycles. The van der Waals surface area contributed by atoms with Crippen LogP contribution in [0.2, 0.25) is 0 Å². The highest BCUT2D eigenvalue weighted by atomic mass is 16.5. The third-order valence-corrected chi connectivity index (χ3v) is 4.55. The van der Waals surface area contributed by atoms with Gasteiger partial charge in [0.1, 0.15) is 5.75 Å². The number of ether oxygens (including phenoxy) is 1. The van der Waals surface area contributed by atoms with Crippen molar-refractivity contribution in [2.75, 3.05) is 39.8 Å². The van der Waals surface area contributed by atoms with Gasteiger partial charge in [-0.15, -0.1) is 0 Å². The molecule has 1 aliphatic heterocycles. The molecule has 2 atom stereocenters. The van der Waals surface area contributed by atoms with E-state index in [1.807, 2.05) is 24.3 Å². The second-order valence-corrected chi connectivity index (χ2v) is 5.85. The van der Waals surface area contributed by atoms with Crippen LogP contribution in [0.4, 0.5) is 0 Å². The van der Waals surface area contributed by atoms with E-state index >= 15 is 0 Å². The van der Waals surface area contributed by atoms with Crippen molar-refractivity contribution < 1.29 is 9.84 Å². The first-order valence-electron chi connectivity index (χ1n) is 7.93. The largest absolute Gasteiger partial charge is 0.496 e. The topological polar surface area (TPSA) is 35.9 Å². The zero-order valence-electron chi connectivity index (χ0n) is 13.5. The van der Waals surface area contributed by atoms with E-state index in [0.29, 0.717) is 12.6 Å². The molecule has 0 bridgehead atoms. The molecule has 1 saturated heterocycles. The minimum Gasteiger partial charge on any atom is -0.496 e. The number of β-amino-alcohol motifs (C(OH)–C–C–N with tert-alkyl or cyclic N) is 1. The zero-order valence-corrected chi connectivity index (χ0v) is 13.5. The number of benzene rings is 1. The minimum atomic E-state index is -0.490. The van der Waals surface area contributed by atoms with Gasteiger partial charge in [0.15, 0.2) is 0 Å². The molecule has 2 rings (SSSR count). The van der Waals surface area contributed by atoms with Crippen molar-refractivity contribution in [2.24, 2.45) is 0 Å². The number of aliphatic hydroxyl groups is 1. The standard InChI is InChI=1S/C17H28N2O2/c1-4-14(2)19-11-9-18(10-12-19)13-16(20)15-7-5-6-8-17(15)21-3/h5-8,14,16,20H,4,9-13H2,1-3H3. The smallest absolute Gasteiger partial charge is 0.124 e. The Kier molecular flexibility index (Phi) is 6.03. The summed E-state index contributed by atoms with van der Waals surface area (Å²) in [5.74, 6) is 0.767. The van der Waals surface area contributed by atoms with E-state index < -0.39 is 6.10 Å². The van der Waals surface area contributed by atoms with Crippen molar-refractivity contribution >= 4 is 0 Å². The Bertz CT molecular complexity index is 431. The molecule has 4 heteroatoms. The van der Waals surface area contributed by atoms with E-state index in [-0.39, 0.29) is 0 Å². The molecule has 118 valence electrons. The highest BCUT2D eigenvalue weighted by Gasteiger charge is 2.23. The molecule has 4 nitrogen and oxygen atoms in total. The highest BCUT2D eigenvalue weighted by Crippen LogP contribution is 2.25. The Morgan fingerprint density at radius 1 is 1.19 bits per heavy atom. The summed E-state index contributed by atoms with van der Waals surface area (Å²) in [5, 5.41) is 10.5. The van der Waals surface area contributed by atoms with Crippen molar-refractivity contribution in [1.82, 2.24) is 9.80 Å². The van der Waals surface area contributed by atoms with Crippen LogP contribution in [-0.2, 0) is 0 Å². The fourth-order valence-corrected chi connectivity index (χ4v) is 2.93. The molecule has 0 amide bonds. The first kappa shape index (κ1) is 16.3. The van der Waals surface area contributed by atoms with Gasteiger partial charge in [-0.3, -0.25) is 9.80 Å². The Morgan fingerprint density at radius 3 is 2.48 bits per heavy atom. The summed E-state index contributed by atoms with van der Waals surface area (Å²) < 4.78 is 5.33. The molecule has 0 radical (unpaired) electrons. The number of nitrogens with zero attached hydrogens (tertiary/aromatic N) is 2. The van der Waals surface area contributed by atoms with Crippen LogP contribution in [0.15, 0.2) is 24.3 Å². The molecule has 1 fully saturated rings. The average molecular weight is 292 g/mol. The van der Waals surface area contributed by atoms with Gasteiger partial charge in [0.05, 0.1) is 13.2 Å². The maximum atomic E-state index is 10.5. The van der Waals surface area contributed by atoms with Gasteiger partial charge in [-0.2, -0.15) is 0 Å². The van der Waals surface area contributed by atoms with E-state index in [1.54, 1.807) is 7.11 Å². The summed E-state index contributed by atoms with van der Waals surface area (Å²) in [7, 11) is 1.65. The third kappa shape index (κ3) is 4.19. The molecule has 0 aromatic heterocycles. The lowest BCUT2D eigenvalue weighted by Gasteiger charge is -2.38. The van der Waals surface area contributed by atoms with Crippen LogP contribution in [0.25, 0.3) is 0 Å². The van der Waals surface area contributed by atoms with Crippen molar-refractivity contribution in [3.63, 3.8) is 0 Å². The molecule has 1 N–H and O–H groups in total. The monoisotopic (exact) mass is 292 g/mol. The van der Waals surface area contributed by atoms with Crippen LogP contribution < -0.4 is 4.74 Å². The van der Waals surface area contributed by atoms with Gasteiger partial charge in [-0.25, -0.2) is 0 Å². The molecule has 1 heterocycles. The Hall–Kier alpha value is -1.10. The second-order valence-electron chi connectivity index (χ2n) is 5.85. The lowest BCUT2D eigenvalue weighted by atomic mass is 10.1. The number of para-hydroxylation sites is 1. The lowest BCUT2D eigenvalue weighted by molar-refractivity contribution is 0.0576. The molecular formula is C17H28N2O2. The van der Waals surface area contributed by atoms with Gasteiger partial charge >= 0.3 is 0 Å². The van der Waals surface area contributed by atoms with Gasteiger partial charge in [0.25, 0.3) is 0 Å². The molecule has 21 heavy (non-hydrogen) atoms. The number of rotatable bonds is 6. The lowest BCUT2D eigenvalue weighted by Crippen LogP contribution is -2.50. The van der Waals surface area contributed by atoms with E-state index in [4.69, 9.17) is 4.74 Å². The second kappa shape index (κ2) is 7.78. The van der Waals surface area contributed by atoms with E-state index in [0.717, 1.165) is 37.5 Å². The molecule has 1 aromatic rings. The predicted octanol–water partition coefficient (Wildman–Crippen LogP) is 2.14. The van der Waals surface area contributed by atoms with Gasteiger partial charge in [-0.1, -0.05) is 25.1 Å². The van der Waals surface area contributed by atoms with Crippen molar-refractivity contribution in [2.45, 2.75) is 32.4 Å². The Balaban J connectivity index is 1.88. The molecular weight excluding hydrogens is 264 g/mol.